The molecule has 0 atom stereocenters. The molecule has 3 aromatic heterocycles. The molecule has 3 heterocycles. The average Bonchev–Trinajstić information content (AvgIpc) is 3.12. The molecule has 0 saturated carbocycles. The third-order valence-corrected chi connectivity index (χ3v) is 5.60. The maximum absolute atomic E-state index is 4.79. The summed E-state index contributed by atoms with van der Waals surface area (Å²) in [7, 11) is 2.10. The Balaban J connectivity index is 1.88. The predicted molar refractivity (Wildman–Crippen MR) is 94.6 cm³/mol. The minimum atomic E-state index is 0.835. The Labute approximate surface area is 140 Å². The lowest BCUT2D eigenvalue weighted by Crippen LogP contribution is -2.21. The van der Waals surface area contributed by atoms with Crippen LogP contribution in [0.3, 0.4) is 0 Å². The summed E-state index contributed by atoms with van der Waals surface area (Å²) < 4.78 is 3.35. The summed E-state index contributed by atoms with van der Waals surface area (Å²) in [6.45, 7) is 4.78. The highest BCUT2D eigenvalue weighted by molar-refractivity contribution is 9.11. The molecule has 0 fully saturated rings. The predicted octanol–water partition coefficient (Wildman–Crippen LogP) is 3.97. The molecule has 4 nitrogen and oxygen atoms in total. The summed E-state index contributed by atoms with van der Waals surface area (Å²) in [4.78, 5) is 8.06. The number of thiophene rings is 1. The average molecular weight is 385 g/mol. The molecule has 21 heavy (non-hydrogen) atoms. The Morgan fingerprint density at radius 2 is 2.29 bits per heavy atom. The van der Waals surface area contributed by atoms with E-state index in [0.29, 0.717) is 0 Å². The van der Waals surface area contributed by atoms with E-state index >= 15 is 0 Å². The number of hydrogen-bond donors (Lipinski definition) is 1. The highest BCUT2D eigenvalue weighted by atomic mass is 79.9. The fourth-order valence-corrected chi connectivity index (χ4v) is 4.24. The van der Waals surface area contributed by atoms with Crippen molar-refractivity contribution >= 4 is 49.4 Å². The van der Waals surface area contributed by atoms with E-state index in [4.69, 9.17) is 4.98 Å². The molecule has 0 aliphatic rings. The molecule has 0 aromatic carbocycles. The maximum atomic E-state index is 4.79. The van der Waals surface area contributed by atoms with Crippen molar-refractivity contribution in [2.75, 3.05) is 18.5 Å². The number of anilines is 1. The van der Waals surface area contributed by atoms with Gasteiger partial charge in [-0.2, -0.15) is 0 Å². The molecule has 0 unspecified atom stereocenters. The quantitative estimate of drug-likeness (QED) is 0.697. The molecular weight excluding hydrogens is 368 g/mol. The first-order valence-corrected chi connectivity index (χ1v) is 9.33. The molecule has 3 rings (SSSR count). The fourth-order valence-electron chi connectivity index (χ4n) is 2.31. The van der Waals surface area contributed by atoms with Crippen molar-refractivity contribution in [1.82, 2.24) is 14.7 Å². The van der Waals surface area contributed by atoms with Crippen LogP contribution in [0.1, 0.15) is 18.2 Å². The van der Waals surface area contributed by atoms with E-state index < -0.39 is 0 Å². The van der Waals surface area contributed by atoms with Crippen molar-refractivity contribution in [3.05, 3.63) is 38.1 Å². The standard InChI is InChI=1S/C14H17BrN4S2/c1-3-16-7-11-13(17-14-19(11)4-5-20-14)18(2)8-10-6-12(15)21-9-10/h4-6,9,16H,3,7-8H2,1-2H3. The van der Waals surface area contributed by atoms with Gasteiger partial charge in [-0.1, -0.05) is 6.92 Å². The van der Waals surface area contributed by atoms with Crippen LogP contribution in [0.15, 0.2) is 26.8 Å². The zero-order valence-corrected chi connectivity index (χ0v) is 15.2. The summed E-state index contributed by atoms with van der Waals surface area (Å²) in [6, 6.07) is 2.17. The third kappa shape index (κ3) is 3.15. The van der Waals surface area contributed by atoms with Gasteiger partial charge in [0.05, 0.1) is 9.48 Å². The first-order valence-electron chi connectivity index (χ1n) is 6.78. The second-order valence-corrected chi connectivity index (χ2v) is 8.00. The summed E-state index contributed by atoms with van der Waals surface area (Å²) in [6.07, 6.45) is 2.10. The Hall–Kier alpha value is -0.890. The molecule has 1 N–H and O–H groups in total. The molecule has 3 aromatic rings. The fraction of sp³-hybridized carbons (Fsp3) is 0.357. The number of fused-ring (bicyclic) bond motifs is 1. The summed E-state index contributed by atoms with van der Waals surface area (Å²) in [5.74, 6) is 1.06. The van der Waals surface area contributed by atoms with Gasteiger partial charge in [-0.3, -0.25) is 4.40 Å². The van der Waals surface area contributed by atoms with E-state index in [2.05, 4.69) is 67.5 Å². The van der Waals surface area contributed by atoms with Crippen molar-refractivity contribution in [3.8, 4) is 0 Å². The van der Waals surface area contributed by atoms with Gasteiger partial charge in [0.25, 0.3) is 0 Å². The Morgan fingerprint density at radius 1 is 1.43 bits per heavy atom. The molecule has 0 bridgehead atoms. The monoisotopic (exact) mass is 384 g/mol. The van der Waals surface area contributed by atoms with Gasteiger partial charge in [-0.25, -0.2) is 4.98 Å². The van der Waals surface area contributed by atoms with Gasteiger partial charge in [0.2, 0.25) is 0 Å². The van der Waals surface area contributed by atoms with Crippen LogP contribution in [0.5, 0.6) is 0 Å². The van der Waals surface area contributed by atoms with E-state index in [-0.39, 0.29) is 0 Å². The van der Waals surface area contributed by atoms with Crippen LogP contribution < -0.4 is 10.2 Å². The van der Waals surface area contributed by atoms with Gasteiger partial charge < -0.3 is 10.2 Å². The minimum absolute atomic E-state index is 0.835. The second-order valence-electron chi connectivity index (χ2n) is 4.83. The highest BCUT2D eigenvalue weighted by Crippen LogP contribution is 2.27. The normalized spacial score (nSPS) is 11.4. The zero-order valence-electron chi connectivity index (χ0n) is 12.0. The molecule has 0 spiro atoms. The van der Waals surface area contributed by atoms with Crippen molar-refractivity contribution in [3.63, 3.8) is 0 Å². The lowest BCUT2D eigenvalue weighted by atomic mass is 10.3. The third-order valence-electron chi connectivity index (χ3n) is 3.29. The van der Waals surface area contributed by atoms with E-state index in [0.717, 1.165) is 30.4 Å². The van der Waals surface area contributed by atoms with Crippen molar-refractivity contribution < 1.29 is 0 Å². The van der Waals surface area contributed by atoms with Crippen molar-refractivity contribution in [2.45, 2.75) is 20.0 Å². The van der Waals surface area contributed by atoms with E-state index in [1.807, 2.05) is 0 Å². The van der Waals surface area contributed by atoms with Crippen LogP contribution in [-0.2, 0) is 13.1 Å². The number of aromatic nitrogens is 2. The lowest BCUT2D eigenvalue weighted by Gasteiger charge is -2.18. The molecule has 0 radical (unpaired) electrons. The van der Waals surface area contributed by atoms with Crippen LogP contribution in [0.2, 0.25) is 0 Å². The number of rotatable bonds is 6. The van der Waals surface area contributed by atoms with E-state index in [9.17, 15) is 0 Å². The van der Waals surface area contributed by atoms with Gasteiger partial charge >= 0.3 is 0 Å². The second kappa shape index (κ2) is 6.48. The number of imidazole rings is 1. The summed E-state index contributed by atoms with van der Waals surface area (Å²) >= 11 is 6.92. The van der Waals surface area contributed by atoms with Gasteiger partial charge in [-0.15, -0.1) is 22.7 Å². The SMILES string of the molecule is CCNCc1c(N(C)Cc2csc(Br)c2)nc2sccn12. The van der Waals surface area contributed by atoms with Gasteiger partial charge in [0, 0.05) is 31.7 Å². The van der Waals surface area contributed by atoms with Gasteiger partial charge in [-0.05, 0) is 39.5 Å². The number of nitrogens with zero attached hydrogens (tertiary/aromatic N) is 3. The number of thiazole rings is 1. The van der Waals surface area contributed by atoms with Crippen LogP contribution >= 0.6 is 38.6 Å². The smallest absolute Gasteiger partial charge is 0.195 e. The van der Waals surface area contributed by atoms with E-state index in [1.54, 1.807) is 22.7 Å². The Kier molecular flexibility index (Phi) is 4.63. The largest absolute Gasteiger partial charge is 0.354 e. The Morgan fingerprint density at radius 3 is 3.00 bits per heavy atom. The highest BCUT2D eigenvalue weighted by Gasteiger charge is 2.16. The van der Waals surface area contributed by atoms with Crippen LogP contribution in [0, 0.1) is 0 Å². The van der Waals surface area contributed by atoms with Crippen molar-refractivity contribution in [1.29, 1.82) is 0 Å². The lowest BCUT2D eigenvalue weighted by molar-refractivity contribution is 0.702. The van der Waals surface area contributed by atoms with Gasteiger partial charge in [0.15, 0.2) is 10.8 Å². The van der Waals surface area contributed by atoms with Crippen LogP contribution in [0.4, 0.5) is 5.82 Å². The first kappa shape index (κ1) is 15.0. The minimum Gasteiger partial charge on any atom is -0.354 e. The number of nitrogens with one attached hydrogen (secondary N) is 1. The molecular formula is C14H17BrN4S2. The van der Waals surface area contributed by atoms with Crippen LogP contribution in [0.25, 0.3) is 4.96 Å². The Bertz CT molecular complexity index is 730. The maximum Gasteiger partial charge on any atom is 0.195 e. The molecule has 0 aliphatic heterocycles. The zero-order chi connectivity index (χ0) is 14.8. The molecule has 0 saturated heterocycles. The van der Waals surface area contributed by atoms with Crippen LogP contribution in [-0.4, -0.2) is 23.0 Å². The number of hydrogen-bond acceptors (Lipinski definition) is 5. The molecule has 7 heteroatoms. The molecule has 0 amide bonds. The van der Waals surface area contributed by atoms with Gasteiger partial charge in [0.1, 0.15) is 0 Å². The molecule has 0 aliphatic carbocycles. The van der Waals surface area contributed by atoms with Crippen molar-refractivity contribution in [2.24, 2.45) is 0 Å². The molecule has 112 valence electrons. The number of halogens is 1. The van der Waals surface area contributed by atoms with E-state index in [1.165, 1.54) is 15.0 Å². The summed E-state index contributed by atoms with van der Waals surface area (Å²) in [5, 5.41) is 7.67. The first-order chi connectivity index (χ1) is 10.2. The topological polar surface area (TPSA) is 32.6 Å². The summed E-state index contributed by atoms with van der Waals surface area (Å²) in [5.41, 5.74) is 2.53.